The Hall–Kier alpha value is -3.35. The SMILES string of the molecule is Cc1cncc(C2=C[C@H]3C[C@@H]2CN3C(=O)Cc2c(C)c3c(F)c(F)ccc3[nH]c2=O)c1. The summed E-state index contributed by atoms with van der Waals surface area (Å²) in [4.78, 5) is 34.2. The van der Waals surface area contributed by atoms with Gasteiger partial charge in [0.15, 0.2) is 11.6 Å². The van der Waals surface area contributed by atoms with Gasteiger partial charge in [0.05, 0.1) is 18.0 Å². The zero-order chi connectivity index (χ0) is 21.9. The Bertz CT molecular complexity index is 1330. The van der Waals surface area contributed by atoms with Gasteiger partial charge < -0.3 is 9.88 Å². The molecule has 158 valence electrons. The van der Waals surface area contributed by atoms with Gasteiger partial charge in [-0.1, -0.05) is 6.08 Å². The van der Waals surface area contributed by atoms with Crippen LogP contribution in [-0.2, 0) is 11.2 Å². The predicted molar refractivity (Wildman–Crippen MR) is 113 cm³/mol. The number of H-pyrrole nitrogens is 1. The number of amides is 1. The fourth-order valence-electron chi connectivity index (χ4n) is 4.93. The third-order valence-corrected chi connectivity index (χ3v) is 6.46. The Labute approximate surface area is 177 Å². The smallest absolute Gasteiger partial charge is 0.252 e. The van der Waals surface area contributed by atoms with E-state index in [2.05, 4.69) is 22.1 Å². The first-order valence-corrected chi connectivity index (χ1v) is 10.3. The Balaban J connectivity index is 1.43. The zero-order valence-corrected chi connectivity index (χ0v) is 17.2. The summed E-state index contributed by atoms with van der Waals surface area (Å²) in [6.07, 6.45) is 6.46. The van der Waals surface area contributed by atoms with E-state index >= 15 is 0 Å². The predicted octanol–water partition coefficient (Wildman–Crippen LogP) is 3.67. The van der Waals surface area contributed by atoms with Gasteiger partial charge >= 0.3 is 0 Å². The van der Waals surface area contributed by atoms with Crippen LogP contribution in [0.4, 0.5) is 8.78 Å². The van der Waals surface area contributed by atoms with Crippen molar-refractivity contribution in [1.29, 1.82) is 0 Å². The number of hydrogen-bond donors (Lipinski definition) is 1. The minimum Gasteiger partial charge on any atom is -0.335 e. The van der Waals surface area contributed by atoms with Crippen molar-refractivity contribution in [2.24, 2.45) is 5.92 Å². The summed E-state index contributed by atoms with van der Waals surface area (Å²) in [5.74, 6) is -1.95. The molecule has 31 heavy (non-hydrogen) atoms. The molecule has 1 aromatic carbocycles. The molecule has 7 heteroatoms. The molecule has 1 N–H and O–H groups in total. The van der Waals surface area contributed by atoms with Crippen molar-refractivity contribution in [3.8, 4) is 0 Å². The summed E-state index contributed by atoms with van der Waals surface area (Å²) >= 11 is 0. The van der Waals surface area contributed by atoms with Crippen LogP contribution < -0.4 is 5.56 Å². The number of halogens is 2. The molecule has 3 aromatic rings. The molecule has 1 amide bonds. The third-order valence-electron chi connectivity index (χ3n) is 6.46. The number of nitrogens with one attached hydrogen (secondary N) is 1. The highest BCUT2D eigenvalue weighted by atomic mass is 19.2. The number of nitrogens with zero attached hydrogens (tertiary/aromatic N) is 2. The molecule has 0 unspecified atom stereocenters. The minimum atomic E-state index is -1.01. The summed E-state index contributed by atoms with van der Waals surface area (Å²) in [5, 5.41) is 0.0134. The molecule has 0 radical (unpaired) electrons. The molecule has 0 spiro atoms. The molecule has 2 bridgehead atoms. The first kappa shape index (κ1) is 19.6. The van der Waals surface area contributed by atoms with Gasteiger partial charge in [0.25, 0.3) is 5.56 Å². The van der Waals surface area contributed by atoms with E-state index in [0.29, 0.717) is 12.1 Å². The fraction of sp³-hybridized carbons (Fsp3) is 0.292. The van der Waals surface area contributed by atoms with Gasteiger partial charge in [0, 0.05) is 35.8 Å². The highest BCUT2D eigenvalue weighted by molar-refractivity contribution is 5.87. The molecule has 1 aliphatic carbocycles. The van der Waals surface area contributed by atoms with Gasteiger partial charge in [0.2, 0.25) is 5.91 Å². The Morgan fingerprint density at radius 1 is 1.26 bits per heavy atom. The van der Waals surface area contributed by atoms with Crippen molar-refractivity contribution in [1.82, 2.24) is 14.9 Å². The quantitative estimate of drug-likeness (QED) is 0.702. The number of carbonyl (C=O) groups excluding carboxylic acids is 1. The van der Waals surface area contributed by atoms with Crippen molar-refractivity contribution >= 4 is 22.4 Å². The number of likely N-dealkylation sites (tertiary alicyclic amines) is 1. The number of pyridine rings is 2. The van der Waals surface area contributed by atoms with E-state index in [-0.39, 0.29) is 40.8 Å². The van der Waals surface area contributed by atoms with Crippen molar-refractivity contribution in [3.63, 3.8) is 0 Å². The van der Waals surface area contributed by atoms with Crippen LogP contribution in [0.15, 0.2) is 41.5 Å². The largest absolute Gasteiger partial charge is 0.335 e. The second-order valence-electron chi connectivity index (χ2n) is 8.44. The number of aryl methyl sites for hydroxylation is 2. The molecule has 2 atom stereocenters. The van der Waals surface area contributed by atoms with Gasteiger partial charge in [0.1, 0.15) is 0 Å². The monoisotopic (exact) mass is 421 g/mol. The Kier molecular flexibility index (Phi) is 4.50. The van der Waals surface area contributed by atoms with Crippen LogP contribution in [0, 0.1) is 31.4 Å². The summed E-state index contributed by atoms with van der Waals surface area (Å²) in [7, 11) is 0. The maximum atomic E-state index is 14.4. The zero-order valence-electron chi connectivity index (χ0n) is 17.2. The average molecular weight is 421 g/mol. The van der Waals surface area contributed by atoms with Gasteiger partial charge in [-0.15, -0.1) is 0 Å². The molecule has 3 heterocycles. The van der Waals surface area contributed by atoms with E-state index in [9.17, 15) is 18.4 Å². The van der Waals surface area contributed by atoms with Gasteiger partial charge in [-0.3, -0.25) is 14.6 Å². The second-order valence-corrected chi connectivity index (χ2v) is 8.44. The van der Waals surface area contributed by atoms with Crippen molar-refractivity contribution < 1.29 is 13.6 Å². The van der Waals surface area contributed by atoms with Gasteiger partial charge in [-0.2, -0.15) is 0 Å². The van der Waals surface area contributed by atoms with Gasteiger partial charge in [-0.25, -0.2) is 8.78 Å². The lowest BCUT2D eigenvalue weighted by Crippen LogP contribution is -2.38. The van der Waals surface area contributed by atoms with E-state index in [1.165, 1.54) is 11.6 Å². The number of benzene rings is 1. The van der Waals surface area contributed by atoms with E-state index in [4.69, 9.17) is 0 Å². The molecule has 2 aliphatic rings. The minimum absolute atomic E-state index is 0.0134. The molecule has 1 aliphatic heterocycles. The summed E-state index contributed by atoms with van der Waals surface area (Å²) in [6.45, 7) is 4.14. The van der Waals surface area contributed by atoms with Crippen LogP contribution in [0.1, 0.15) is 28.7 Å². The van der Waals surface area contributed by atoms with Crippen molar-refractivity contribution in [2.45, 2.75) is 32.7 Å². The highest BCUT2D eigenvalue weighted by Gasteiger charge is 2.41. The van der Waals surface area contributed by atoms with Crippen LogP contribution >= 0.6 is 0 Å². The normalized spacial score (nSPS) is 19.9. The molecule has 2 aromatic heterocycles. The fourth-order valence-corrected chi connectivity index (χ4v) is 4.93. The van der Waals surface area contributed by atoms with Crippen LogP contribution in [0.5, 0.6) is 0 Å². The molecular weight excluding hydrogens is 400 g/mol. The lowest BCUT2D eigenvalue weighted by molar-refractivity contribution is -0.130. The molecule has 0 saturated carbocycles. The third kappa shape index (κ3) is 3.15. The summed E-state index contributed by atoms with van der Waals surface area (Å²) < 4.78 is 28.1. The van der Waals surface area contributed by atoms with E-state index in [1.807, 2.05) is 19.3 Å². The number of fused-ring (bicyclic) bond motifs is 3. The highest BCUT2D eigenvalue weighted by Crippen LogP contribution is 2.42. The van der Waals surface area contributed by atoms with Crippen molar-refractivity contribution in [2.75, 3.05) is 6.54 Å². The standard InChI is InChI=1S/C24H21F2N3O2/c1-12-5-14(10-27-9-12)18-7-16-6-15(18)11-29(16)21(30)8-17-13(2)22-20(28-24(17)31)4-3-19(25)23(22)26/h3-5,7,9-10,15-16H,6,8,11H2,1-2H3,(H,28,31)/t15-,16-/m1/s1. The van der Waals surface area contributed by atoms with Crippen LogP contribution in [-0.4, -0.2) is 33.4 Å². The first-order chi connectivity index (χ1) is 14.8. The molecule has 1 saturated heterocycles. The maximum absolute atomic E-state index is 14.4. The van der Waals surface area contributed by atoms with Crippen molar-refractivity contribution in [3.05, 3.63) is 80.9 Å². The molecular formula is C24H21F2N3O2. The van der Waals surface area contributed by atoms with Gasteiger partial charge in [-0.05, 0) is 60.7 Å². The lowest BCUT2D eigenvalue weighted by atomic mass is 9.95. The lowest BCUT2D eigenvalue weighted by Gasteiger charge is -2.27. The first-order valence-electron chi connectivity index (χ1n) is 10.3. The van der Waals surface area contributed by atoms with Crippen LogP contribution in [0.2, 0.25) is 0 Å². The van der Waals surface area contributed by atoms with E-state index in [1.54, 1.807) is 11.8 Å². The Morgan fingerprint density at radius 3 is 2.77 bits per heavy atom. The maximum Gasteiger partial charge on any atom is 0.252 e. The summed E-state index contributed by atoms with van der Waals surface area (Å²) in [5.41, 5.74) is 3.63. The summed E-state index contributed by atoms with van der Waals surface area (Å²) in [6, 6.07) is 4.38. The molecule has 1 fully saturated rings. The van der Waals surface area contributed by atoms with E-state index < -0.39 is 17.2 Å². The number of aromatic nitrogens is 2. The topological polar surface area (TPSA) is 66.1 Å². The molecule has 5 nitrogen and oxygen atoms in total. The number of hydrogen-bond acceptors (Lipinski definition) is 3. The average Bonchev–Trinajstić information content (AvgIpc) is 3.35. The van der Waals surface area contributed by atoms with Crippen LogP contribution in [0.3, 0.4) is 0 Å². The number of aromatic amines is 1. The second kappa shape index (κ2) is 7.11. The number of rotatable bonds is 3. The molecule has 5 rings (SSSR count). The van der Waals surface area contributed by atoms with Crippen LogP contribution in [0.25, 0.3) is 16.5 Å². The van der Waals surface area contributed by atoms with E-state index in [0.717, 1.165) is 23.6 Å². The number of carbonyl (C=O) groups is 1. The Morgan fingerprint density at radius 2 is 2.06 bits per heavy atom.